The van der Waals surface area contributed by atoms with Crippen LogP contribution in [0.4, 0.5) is 4.79 Å². The Morgan fingerprint density at radius 1 is 1.50 bits per heavy atom. The third-order valence-electron chi connectivity index (χ3n) is 3.16. The van der Waals surface area contributed by atoms with E-state index in [2.05, 4.69) is 5.32 Å². The Bertz CT molecular complexity index is 317. The SMILES string of the molecule is CCC(C)(C)NC(=O)N1CCOC(CC(=O)O)C1. The number of aliphatic carboxylic acids is 1. The van der Waals surface area contributed by atoms with E-state index in [4.69, 9.17) is 9.84 Å². The van der Waals surface area contributed by atoms with Crippen LogP contribution in [0.1, 0.15) is 33.6 Å². The fourth-order valence-electron chi connectivity index (χ4n) is 1.68. The van der Waals surface area contributed by atoms with Crippen LogP contribution in [0.15, 0.2) is 0 Å². The number of amides is 2. The monoisotopic (exact) mass is 258 g/mol. The molecule has 1 fully saturated rings. The van der Waals surface area contributed by atoms with E-state index in [9.17, 15) is 9.59 Å². The number of ether oxygens (including phenoxy) is 1. The molecule has 1 atom stereocenters. The second kappa shape index (κ2) is 6.04. The molecule has 0 spiro atoms. The van der Waals surface area contributed by atoms with Gasteiger partial charge in [-0.1, -0.05) is 6.92 Å². The van der Waals surface area contributed by atoms with Crippen molar-refractivity contribution in [3.05, 3.63) is 0 Å². The largest absolute Gasteiger partial charge is 0.481 e. The minimum atomic E-state index is -0.906. The molecule has 0 aromatic rings. The van der Waals surface area contributed by atoms with Gasteiger partial charge in [-0.25, -0.2) is 4.79 Å². The highest BCUT2D eigenvalue weighted by molar-refractivity contribution is 5.75. The van der Waals surface area contributed by atoms with Crippen molar-refractivity contribution in [2.24, 2.45) is 0 Å². The van der Waals surface area contributed by atoms with Gasteiger partial charge < -0.3 is 20.1 Å². The first-order valence-corrected chi connectivity index (χ1v) is 6.24. The highest BCUT2D eigenvalue weighted by atomic mass is 16.5. The molecule has 1 aliphatic heterocycles. The lowest BCUT2D eigenvalue weighted by Crippen LogP contribution is -2.54. The lowest BCUT2D eigenvalue weighted by Gasteiger charge is -2.35. The zero-order chi connectivity index (χ0) is 13.8. The zero-order valence-electron chi connectivity index (χ0n) is 11.2. The number of nitrogens with zero attached hydrogens (tertiary/aromatic N) is 1. The van der Waals surface area contributed by atoms with Crippen LogP contribution in [-0.4, -0.2) is 53.3 Å². The standard InChI is InChI=1S/C12H22N2O4/c1-4-12(2,3)13-11(17)14-5-6-18-9(8-14)7-10(15)16/h9H,4-8H2,1-3H3,(H,13,17)(H,15,16). The number of carbonyl (C=O) groups is 2. The summed E-state index contributed by atoms with van der Waals surface area (Å²) in [6.07, 6.45) is 0.356. The smallest absolute Gasteiger partial charge is 0.317 e. The summed E-state index contributed by atoms with van der Waals surface area (Å²) < 4.78 is 5.32. The molecule has 1 rings (SSSR count). The van der Waals surface area contributed by atoms with Gasteiger partial charge in [0.15, 0.2) is 0 Å². The van der Waals surface area contributed by atoms with Gasteiger partial charge in [0.2, 0.25) is 0 Å². The molecule has 104 valence electrons. The van der Waals surface area contributed by atoms with Crippen LogP contribution in [0, 0.1) is 0 Å². The normalized spacial score (nSPS) is 20.6. The lowest BCUT2D eigenvalue weighted by molar-refractivity contribution is -0.141. The fourth-order valence-corrected chi connectivity index (χ4v) is 1.68. The Labute approximate surface area is 107 Å². The number of urea groups is 1. The molecular formula is C12H22N2O4. The molecule has 1 saturated heterocycles. The Morgan fingerprint density at radius 2 is 2.17 bits per heavy atom. The molecule has 0 saturated carbocycles. The average Bonchev–Trinajstić information content (AvgIpc) is 2.28. The summed E-state index contributed by atoms with van der Waals surface area (Å²) in [7, 11) is 0. The van der Waals surface area contributed by atoms with E-state index >= 15 is 0 Å². The molecule has 0 bridgehead atoms. The Hall–Kier alpha value is -1.30. The van der Waals surface area contributed by atoms with Crippen LogP contribution in [0.5, 0.6) is 0 Å². The Kier molecular flexibility index (Phi) is 4.95. The number of carboxylic acid groups (broad SMARTS) is 1. The predicted molar refractivity (Wildman–Crippen MR) is 66.5 cm³/mol. The van der Waals surface area contributed by atoms with Gasteiger partial charge >= 0.3 is 12.0 Å². The number of rotatable bonds is 4. The van der Waals surface area contributed by atoms with Crippen molar-refractivity contribution in [3.8, 4) is 0 Å². The van der Waals surface area contributed by atoms with Crippen molar-refractivity contribution in [2.75, 3.05) is 19.7 Å². The van der Waals surface area contributed by atoms with Crippen molar-refractivity contribution >= 4 is 12.0 Å². The van der Waals surface area contributed by atoms with Crippen molar-refractivity contribution < 1.29 is 19.4 Å². The summed E-state index contributed by atoms with van der Waals surface area (Å²) in [6, 6.07) is -0.152. The number of hydrogen-bond acceptors (Lipinski definition) is 3. The summed E-state index contributed by atoms with van der Waals surface area (Å²) in [6.45, 7) is 7.14. The van der Waals surface area contributed by atoms with Gasteiger partial charge in [0.05, 0.1) is 19.1 Å². The fraction of sp³-hybridized carbons (Fsp3) is 0.833. The quantitative estimate of drug-likeness (QED) is 0.790. The summed E-state index contributed by atoms with van der Waals surface area (Å²) in [5.41, 5.74) is -0.252. The van der Waals surface area contributed by atoms with Crippen LogP contribution >= 0.6 is 0 Å². The highest BCUT2D eigenvalue weighted by Gasteiger charge is 2.28. The molecule has 6 heteroatoms. The summed E-state index contributed by atoms with van der Waals surface area (Å²) in [5, 5.41) is 11.6. The first kappa shape index (κ1) is 14.8. The van der Waals surface area contributed by atoms with Gasteiger partial charge in [-0.2, -0.15) is 0 Å². The van der Waals surface area contributed by atoms with Gasteiger partial charge in [0.25, 0.3) is 0 Å². The van der Waals surface area contributed by atoms with E-state index < -0.39 is 12.1 Å². The number of hydrogen-bond donors (Lipinski definition) is 2. The van der Waals surface area contributed by atoms with Gasteiger partial charge in [0.1, 0.15) is 0 Å². The summed E-state index contributed by atoms with van der Waals surface area (Å²) >= 11 is 0. The van der Waals surface area contributed by atoms with Crippen LogP contribution < -0.4 is 5.32 Å². The van der Waals surface area contributed by atoms with Crippen molar-refractivity contribution in [2.45, 2.75) is 45.3 Å². The maximum atomic E-state index is 12.0. The second-order valence-electron chi connectivity index (χ2n) is 5.20. The number of carboxylic acids is 1. The molecule has 1 heterocycles. The second-order valence-corrected chi connectivity index (χ2v) is 5.20. The van der Waals surface area contributed by atoms with E-state index in [1.165, 1.54) is 0 Å². The van der Waals surface area contributed by atoms with Crippen molar-refractivity contribution in [1.82, 2.24) is 10.2 Å². The first-order valence-electron chi connectivity index (χ1n) is 6.24. The third-order valence-corrected chi connectivity index (χ3v) is 3.16. The van der Waals surface area contributed by atoms with Crippen molar-refractivity contribution in [3.63, 3.8) is 0 Å². The predicted octanol–water partition coefficient (Wildman–Crippen LogP) is 1.06. The minimum absolute atomic E-state index is 0.0685. The van der Waals surface area contributed by atoms with Crippen LogP contribution in [0.3, 0.4) is 0 Å². The minimum Gasteiger partial charge on any atom is -0.481 e. The molecule has 1 aliphatic rings. The number of nitrogens with one attached hydrogen (secondary N) is 1. The molecular weight excluding hydrogens is 236 g/mol. The first-order chi connectivity index (χ1) is 8.34. The maximum Gasteiger partial charge on any atom is 0.317 e. The van der Waals surface area contributed by atoms with E-state index in [1.54, 1.807) is 4.90 Å². The summed E-state index contributed by atoms with van der Waals surface area (Å²) in [4.78, 5) is 24.3. The molecule has 0 radical (unpaired) electrons. The maximum absolute atomic E-state index is 12.0. The van der Waals surface area contributed by atoms with Crippen LogP contribution in [0.2, 0.25) is 0 Å². The van der Waals surface area contributed by atoms with E-state index in [1.807, 2.05) is 20.8 Å². The van der Waals surface area contributed by atoms with Crippen molar-refractivity contribution in [1.29, 1.82) is 0 Å². The molecule has 18 heavy (non-hydrogen) atoms. The van der Waals surface area contributed by atoms with E-state index in [0.29, 0.717) is 19.7 Å². The number of morpholine rings is 1. The lowest BCUT2D eigenvalue weighted by atomic mass is 10.0. The average molecular weight is 258 g/mol. The molecule has 1 unspecified atom stereocenters. The Morgan fingerprint density at radius 3 is 2.72 bits per heavy atom. The van der Waals surface area contributed by atoms with Gasteiger partial charge in [-0.15, -0.1) is 0 Å². The summed E-state index contributed by atoms with van der Waals surface area (Å²) in [5.74, 6) is -0.906. The van der Waals surface area contributed by atoms with Crippen LogP contribution in [0.25, 0.3) is 0 Å². The zero-order valence-corrected chi connectivity index (χ0v) is 11.2. The van der Waals surface area contributed by atoms with Gasteiger partial charge in [-0.05, 0) is 20.3 Å². The van der Waals surface area contributed by atoms with Gasteiger partial charge in [-0.3, -0.25) is 4.79 Å². The van der Waals surface area contributed by atoms with E-state index in [0.717, 1.165) is 6.42 Å². The van der Waals surface area contributed by atoms with Crippen LogP contribution in [-0.2, 0) is 9.53 Å². The molecule has 6 nitrogen and oxygen atoms in total. The molecule has 2 amide bonds. The topological polar surface area (TPSA) is 78.9 Å². The third kappa shape index (κ3) is 4.52. The van der Waals surface area contributed by atoms with E-state index in [-0.39, 0.29) is 18.0 Å². The molecule has 0 aromatic carbocycles. The van der Waals surface area contributed by atoms with Gasteiger partial charge in [0, 0.05) is 18.6 Å². The number of carbonyl (C=O) groups excluding carboxylic acids is 1. The molecule has 0 aliphatic carbocycles. The molecule has 0 aromatic heterocycles. The molecule has 2 N–H and O–H groups in total. The highest BCUT2D eigenvalue weighted by Crippen LogP contribution is 2.12. The Balaban J connectivity index is 2.50.